The van der Waals surface area contributed by atoms with E-state index in [4.69, 9.17) is 16.6 Å². The standard InChI is InChI=1S/C22H25ClN4O/c1-2-11-24-18-12-22(28)26(14-18)15-21-25-19-5-3-4-6-20(19)27(21)13-16-7-9-17(23)10-8-16/h3-10,18,24H,2,11-15H2,1H3. The number of carbonyl (C=O) groups excluding carboxylic acids is 1. The van der Waals surface area contributed by atoms with Gasteiger partial charge in [-0.3, -0.25) is 4.79 Å². The maximum atomic E-state index is 12.5. The zero-order valence-corrected chi connectivity index (χ0v) is 16.8. The minimum Gasteiger partial charge on any atom is -0.334 e. The van der Waals surface area contributed by atoms with Crippen molar-refractivity contribution in [2.75, 3.05) is 13.1 Å². The van der Waals surface area contributed by atoms with Crippen molar-refractivity contribution in [1.82, 2.24) is 19.8 Å². The Bertz CT molecular complexity index is 966. The first kappa shape index (κ1) is 19.0. The Morgan fingerprint density at radius 2 is 1.93 bits per heavy atom. The van der Waals surface area contributed by atoms with Crippen LogP contribution in [0, 0.1) is 0 Å². The summed E-state index contributed by atoms with van der Waals surface area (Å²) in [5, 5.41) is 4.19. The molecule has 146 valence electrons. The molecule has 1 aromatic heterocycles. The van der Waals surface area contributed by atoms with Crippen LogP contribution in [-0.2, 0) is 17.9 Å². The summed E-state index contributed by atoms with van der Waals surface area (Å²) in [5.74, 6) is 1.11. The van der Waals surface area contributed by atoms with E-state index in [0.29, 0.717) is 19.5 Å². The van der Waals surface area contributed by atoms with Crippen LogP contribution in [0.4, 0.5) is 0 Å². The van der Waals surface area contributed by atoms with E-state index in [1.807, 2.05) is 47.4 Å². The third-order valence-electron chi connectivity index (χ3n) is 5.22. The predicted molar refractivity (Wildman–Crippen MR) is 112 cm³/mol. The number of likely N-dealkylation sites (tertiary alicyclic amines) is 1. The molecule has 6 heteroatoms. The van der Waals surface area contributed by atoms with Gasteiger partial charge < -0.3 is 14.8 Å². The summed E-state index contributed by atoms with van der Waals surface area (Å²) in [6, 6.07) is 16.2. The van der Waals surface area contributed by atoms with Crippen LogP contribution in [0.5, 0.6) is 0 Å². The molecule has 1 aliphatic rings. The van der Waals surface area contributed by atoms with E-state index in [0.717, 1.165) is 47.0 Å². The Labute approximate surface area is 170 Å². The molecule has 1 aliphatic heterocycles. The van der Waals surface area contributed by atoms with E-state index in [9.17, 15) is 4.79 Å². The minimum atomic E-state index is 0.193. The number of benzene rings is 2. The van der Waals surface area contributed by atoms with Gasteiger partial charge in [-0.2, -0.15) is 0 Å². The van der Waals surface area contributed by atoms with Gasteiger partial charge in [-0.25, -0.2) is 4.98 Å². The van der Waals surface area contributed by atoms with Gasteiger partial charge in [0, 0.05) is 30.6 Å². The van der Waals surface area contributed by atoms with Crippen molar-refractivity contribution in [1.29, 1.82) is 0 Å². The largest absolute Gasteiger partial charge is 0.334 e. The Morgan fingerprint density at radius 3 is 2.71 bits per heavy atom. The second-order valence-corrected chi connectivity index (χ2v) is 7.80. The van der Waals surface area contributed by atoms with Crippen molar-refractivity contribution in [3.05, 3.63) is 64.9 Å². The Balaban J connectivity index is 1.60. The van der Waals surface area contributed by atoms with Crippen molar-refractivity contribution in [2.24, 2.45) is 0 Å². The molecule has 1 N–H and O–H groups in total. The van der Waals surface area contributed by atoms with Gasteiger partial charge in [0.1, 0.15) is 5.82 Å². The van der Waals surface area contributed by atoms with Crippen LogP contribution in [0.25, 0.3) is 11.0 Å². The fraction of sp³-hybridized carbons (Fsp3) is 0.364. The molecule has 2 heterocycles. The Kier molecular flexibility index (Phi) is 5.64. The van der Waals surface area contributed by atoms with Gasteiger partial charge in [-0.15, -0.1) is 0 Å². The first-order chi connectivity index (χ1) is 13.6. The summed E-state index contributed by atoms with van der Waals surface area (Å²) in [7, 11) is 0. The molecule has 4 rings (SSSR count). The van der Waals surface area contributed by atoms with Gasteiger partial charge >= 0.3 is 0 Å². The van der Waals surface area contributed by atoms with E-state index in [1.165, 1.54) is 0 Å². The quantitative estimate of drug-likeness (QED) is 0.660. The van der Waals surface area contributed by atoms with Crippen LogP contribution in [-0.4, -0.2) is 39.5 Å². The normalized spacial score (nSPS) is 17.0. The number of nitrogens with zero attached hydrogens (tertiary/aromatic N) is 3. The SMILES string of the molecule is CCCNC1CC(=O)N(Cc2nc3ccccc3n2Cc2ccc(Cl)cc2)C1. The van der Waals surface area contributed by atoms with Crippen LogP contribution in [0.1, 0.15) is 31.2 Å². The van der Waals surface area contributed by atoms with E-state index < -0.39 is 0 Å². The molecule has 3 aromatic rings. The average Bonchev–Trinajstić information content (AvgIpc) is 3.22. The monoisotopic (exact) mass is 396 g/mol. The van der Waals surface area contributed by atoms with Crippen LogP contribution in [0.15, 0.2) is 48.5 Å². The van der Waals surface area contributed by atoms with E-state index in [1.54, 1.807) is 0 Å². The van der Waals surface area contributed by atoms with Crippen molar-refractivity contribution in [3.8, 4) is 0 Å². The highest BCUT2D eigenvalue weighted by atomic mass is 35.5. The number of fused-ring (bicyclic) bond motifs is 1. The first-order valence-corrected chi connectivity index (χ1v) is 10.2. The number of para-hydroxylation sites is 2. The van der Waals surface area contributed by atoms with Crippen molar-refractivity contribution in [2.45, 2.75) is 38.9 Å². The summed E-state index contributed by atoms with van der Waals surface area (Å²) in [5.41, 5.74) is 3.20. The van der Waals surface area contributed by atoms with Crippen LogP contribution in [0.3, 0.4) is 0 Å². The molecule has 2 aromatic carbocycles. The number of rotatable bonds is 7. The van der Waals surface area contributed by atoms with Crippen LogP contribution >= 0.6 is 11.6 Å². The number of nitrogens with one attached hydrogen (secondary N) is 1. The molecule has 0 aliphatic carbocycles. The molecule has 1 saturated heterocycles. The molecule has 1 amide bonds. The summed E-state index contributed by atoms with van der Waals surface area (Å²) >= 11 is 6.03. The van der Waals surface area contributed by atoms with Gasteiger partial charge in [0.05, 0.1) is 17.6 Å². The summed E-state index contributed by atoms with van der Waals surface area (Å²) in [6.45, 7) is 5.06. The maximum Gasteiger partial charge on any atom is 0.224 e. The first-order valence-electron chi connectivity index (χ1n) is 9.84. The fourth-order valence-corrected chi connectivity index (χ4v) is 3.90. The highest BCUT2D eigenvalue weighted by molar-refractivity contribution is 6.30. The van der Waals surface area contributed by atoms with Crippen molar-refractivity contribution < 1.29 is 4.79 Å². The molecule has 0 spiro atoms. The third-order valence-corrected chi connectivity index (χ3v) is 5.47. The molecule has 1 unspecified atom stereocenters. The molecule has 0 bridgehead atoms. The lowest BCUT2D eigenvalue weighted by molar-refractivity contribution is -0.128. The zero-order chi connectivity index (χ0) is 19.5. The Hall–Kier alpha value is -2.37. The number of hydrogen-bond donors (Lipinski definition) is 1. The van der Waals surface area contributed by atoms with Crippen molar-refractivity contribution >= 4 is 28.5 Å². The second kappa shape index (κ2) is 8.33. The highest BCUT2D eigenvalue weighted by Crippen LogP contribution is 2.22. The van der Waals surface area contributed by atoms with E-state index >= 15 is 0 Å². The molecule has 0 radical (unpaired) electrons. The van der Waals surface area contributed by atoms with Gasteiger partial charge in [0.25, 0.3) is 0 Å². The molecular weight excluding hydrogens is 372 g/mol. The number of halogens is 1. The number of aromatic nitrogens is 2. The lowest BCUT2D eigenvalue weighted by Crippen LogP contribution is -2.33. The number of carbonyl (C=O) groups is 1. The topological polar surface area (TPSA) is 50.2 Å². The smallest absolute Gasteiger partial charge is 0.224 e. The highest BCUT2D eigenvalue weighted by Gasteiger charge is 2.30. The summed E-state index contributed by atoms with van der Waals surface area (Å²) < 4.78 is 2.21. The number of hydrogen-bond acceptors (Lipinski definition) is 3. The van der Waals surface area contributed by atoms with E-state index in [-0.39, 0.29) is 11.9 Å². The van der Waals surface area contributed by atoms with Crippen molar-refractivity contribution in [3.63, 3.8) is 0 Å². The van der Waals surface area contributed by atoms with Crippen LogP contribution in [0.2, 0.25) is 5.02 Å². The van der Waals surface area contributed by atoms with Gasteiger partial charge in [0.2, 0.25) is 5.91 Å². The number of amides is 1. The second-order valence-electron chi connectivity index (χ2n) is 7.36. The van der Waals surface area contributed by atoms with Gasteiger partial charge in [-0.05, 0) is 42.8 Å². The summed E-state index contributed by atoms with van der Waals surface area (Å²) in [6.07, 6.45) is 1.64. The zero-order valence-electron chi connectivity index (χ0n) is 16.1. The van der Waals surface area contributed by atoms with Gasteiger partial charge in [-0.1, -0.05) is 42.8 Å². The fourth-order valence-electron chi connectivity index (χ4n) is 3.78. The molecule has 1 fully saturated rings. The molecular formula is C22H25ClN4O. The maximum absolute atomic E-state index is 12.5. The molecule has 28 heavy (non-hydrogen) atoms. The minimum absolute atomic E-state index is 0.193. The lowest BCUT2D eigenvalue weighted by atomic mass is 10.2. The molecule has 0 saturated carbocycles. The predicted octanol–water partition coefficient (Wildman–Crippen LogP) is 3.84. The Morgan fingerprint density at radius 1 is 1.14 bits per heavy atom. The number of imidazole rings is 1. The lowest BCUT2D eigenvalue weighted by Gasteiger charge is -2.18. The molecule has 1 atom stereocenters. The summed E-state index contributed by atoms with van der Waals surface area (Å²) in [4.78, 5) is 19.3. The van der Waals surface area contributed by atoms with Crippen LogP contribution < -0.4 is 5.32 Å². The third kappa shape index (κ3) is 4.05. The van der Waals surface area contributed by atoms with Gasteiger partial charge in [0.15, 0.2) is 0 Å². The molecule has 5 nitrogen and oxygen atoms in total. The average molecular weight is 397 g/mol. The van der Waals surface area contributed by atoms with E-state index in [2.05, 4.69) is 22.9 Å².